The van der Waals surface area contributed by atoms with Crippen molar-refractivity contribution in [1.29, 1.82) is 0 Å². The zero-order valence-electron chi connectivity index (χ0n) is 10.2. The van der Waals surface area contributed by atoms with Crippen LogP contribution in [0.5, 0.6) is 0 Å². The third kappa shape index (κ3) is 2.18. The van der Waals surface area contributed by atoms with Crippen LogP contribution in [0.1, 0.15) is 22.8 Å². The first-order valence-electron chi connectivity index (χ1n) is 5.50. The highest BCUT2D eigenvalue weighted by Gasteiger charge is 2.09. The number of ether oxygens (including phenoxy) is 1. The maximum absolute atomic E-state index is 11.4. The first-order valence-corrected chi connectivity index (χ1v) is 5.50. The predicted molar refractivity (Wildman–Crippen MR) is 69.4 cm³/mol. The number of H-pyrrole nitrogens is 1. The van der Waals surface area contributed by atoms with Crippen molar-refractivity contribution in [3.05, 3.63) is 41.6 Å². The van der Waals surface area contributed by atoms with Gasteiger partial charge in [-0.15, -0.1) is 0 Å². The highest BCUT2D eigenvalue weighted by Crippen LogP contribution is 2.23. The fourth-order valence-electron chi connectivity index (χ4n) is 1.83. The lowest BCUT2D eigenvalue weighted by molar-refractivity contribution is -0.134. The largest absolute Gasteiger partial charge is 0.466 e. The summed E-state index contributed by atoms with van der Waals surface area (Å²) in [6.45, 7) is 1.53. The second-order valence-corrected chi connectivity index (χ2v) is 3.88. The van der Waals surface area contributed by atoms with Gasteiger partial charge in [-0.05, 0) is 18.6 Å². The molecule has 0 aliphatic carbocycles. The van der Waals surface area contributed by atoms with Gasteiger partial charge < -0.3 is 9.72 Å². The first kappa shape index (κ1) is 12.1. The number of rotatable bonds is 3. The van der Waals surface area contributed by atoms with Crippen molar-refractivity contribution < 1.29 is 14.3 Å². The molecule has 0 radical (unpaired) electrons. The monoisotopic (exact) mass is 243 g/mol. The zero-order chi connectivity index (χ0) is 13.1. The number of esters is 1. The van der Waals surface area contributed by atoms with Crippen molar-refractivity contribution in [3.8, 4) is 0 Å². The molecule has 4 heteroatoms. The van der Waals surface area contributed by atoms with Crippen molar-refractivity contribution in [2.75, 3.05) is 7.11 Å². The quantitative estimate of drug-likeness (QED) is 0.512. The Morgan fingerprint density at radius 1 is 1.33 bits per heavy atom. The molecule has 0 aliphatic rings. The average molecular weight is 243 g/mol. The molecule has 0 aliphatic heterocycles. The van der Waals surface area contributed by atoms with Crippen molar-refractivity contribution >= 4 is 28.7 Å². The van der Waals surface area contributed by atoms with Crippen LogP contribution in [-0.2, 0) is 9.53 Å². The highest BCUT2D eigenvalue weighted by molar-refractivity contribution is 6.08. The van der Waals surface area contributed by atoms with Gasteiger partial charge in [0.15, 0.2) is 5.78 Å². The van der Waals surface area contributed by atoms with Gasteiger partial charge in [0.2, 0.25) is 0 Å². The molecular weight excluding hydrogens is 230 g/mol. The number of hydrogen-bond acceptors (Lipinski definition) is 3. The van der Waals surface area contributed by atoms with Crippen LogP contribution in [0.25, 0.3) is 17.0 Å². The van der Waals surface area contributed by atoms with Gasteiger partial charge in [-0.1, -0.05) is 18.2 Å². The van der Waals surface area contributed by atoms with Crippen molar-refractivity contribution in [3.63, 3.8) is 0 Å². The summed E-state index contributed by atoms with van der Waals surface area (Å²) in [6.07, 6.45) is 4.69. The predicted octanol–water partition coefficient (Wildman–Crippen LogP) is 2.56. The number of aromatic nitrogens is 1. The molecule has 2 aromatic rings. The summed E-state index contributed by atoms with van der Waals surface area (Å²) in [6, 6.07) is 5.58. The summed E-state index contributed by atoms with van der Waals surface area (Å²) in [7, 11) is 1.33. The van der Waals surface area contributed by atoms with E-state index in [-0.39, 0.29) is 5.78 Å². The fourth-order valence-corrected chi connectivity index (χ4v) is 1.83. The maximum Gasteiger partial charge on any atom is 0.330 e. The highest BCUT2D eigenvalue weighted by atomic mass is 16.5. The lowest BCUT2D eigenvalue weighted by Crippen LogP contribution is -1.93. The Hall–Kier alpha value is -2.36. The minimum Gasteiger partial charge on any atom is -0.466 e. The second kappa shape index (κ2) is 4.87. The Balaban J connectivity index is 2.50. The van der Waals surface area contributed by atoms with Crippen LogP contribution < -0.4 is 0 Å². The van der Waals surface area contributed by atoms with Gasteiger partial charge in [0, 0.05) is 23.2 Å². The van der Waals surface area contributed by atoms with Gasteiger partial charge in [-0.2, -0.15) is 0 Å². The van der Waals surface area contributed by atoms with Crippen molar-refractivity contribution in [1.82, 2.24) is 4.98 Å². The minimum absolute atomic E-state index is 0.00958. The molecule has 18 heavy (non-hydrogen) atoms. The van der Waals surface area contributed by atoms with Crippen LogP contribution in [0.3, 0.4) is 0 Å². The van der Waals surface area contributed by atoms with Gasteiger partial charge in [-0.25, -0.2) is 4.79 Å². The van der Waals surface area contributed by atoms with Crippen LogP contribution in [-0.4, -0.2) is 23.8 Å². The van der Waals surface area contributed by atoms with Crippen LogP contribution >= 0.6 is 0 Å². The van der Waals surface area contributed by atoms with Crippen LogP contribution in [0, 0.1) is 0 Å². The lowest BCUT2D eigenvalue weighted by atomic mass is 10.1. The molecule has 0 saturated carbocycles. The number of ketones is 1. The van der Waals surface area contributed by atoms with Gasteiger partial charge in [-0.3, -0.25) is 4.79 Å². The first-order chi connectivity index (χ1) is 8.63. The Bertz CT molecular complexity index is 638. The van der Waals surface area contributed by atoms with E-state index in [4.69, 9.17) is 0 Å². The molecule has 0 saturated heterocycles. The molecule has 92 valence electrons. The molecule has 0 bridgehead atoms. The zero-order valence-corrected chi connectivity index (χ0v) is 10.2. The van der Waals surface area contributed by atoms with E-state index in [1.54, 1.807) is 12.3 Å². The number of carbonyl (C=O) groups excluding carboxylic acids is 2. The van der Waals surface area contributed by atoms with Gasteiger partial charge in [0.25, 0.3) is 0 Å². The number of benzene rings is 1. The number of aromatic amines is 1. The molecule has 4 nitrogen and oxygen atoms in total. The molecule has 0 fully saturated rings. The van der Waals surface area contributed by atoms with E-state index < -0.39 is 5.97 Å². The van der Waals surface area contributed by atoms with E-state index in [9.17, 15) is 9.59 Å². The number of methoxy groups -OCH3 is 1. The van der Waals surface area contributed by atoms with Crippen LogP contribution in [0.4, 0.5) is 0 Å². The molecule has 0 spiro atoms. The molecule has 1 aromatic heterocycles. The summed E-state index contributed by atoms with van der Waals surface area (Å²) in [4.78, 5) is 25.5. The molecule has 0 atom stereocenters. The smallest absolute Gasteiger partial charge is 0.330 e. The lowest BCUT2D eigenvalue weighted by Gasteiger charge is -1.98. The number of hydrogen-bond donors (Lipinski definition) is 1. The SMILES string of the molecule is COC(=O)/C=C/c1cccc2c(C(C)=O)c[nH]c12. The Labute approximate surface area is 104 Å². The van der Waals surface area contributed by atoms with E-state index >= 15 is 0 Å². The minimum atomic E-state index is -0.412. The Morgan fingerprint density at radius 2 is 2.11 bits per heavy atom. The van der Waals surface area contributed by atoms with Crippen molar-refractivity contribution in [2.24, 2.45) is 0 Å². The topological polar surface area (TPSA) is 59.2 Å². The maximum atomic E-state index is 11.4. The van der Waals surface area contributed by atoms with Crippen LogP contribution in [0.2, 0.25) is 0 Å². The van der Waals surface area contributed by atoms with E-state index in [1.165, 1.54) is 20.1 Å². The Morgan fingerprint density at radius 3 is 2.78 bits per heavy atom. The number of para-hydroxylation sites is 1. The summed E-state index contributed by atoms with van der Waals surface area (Å²) in [5.41, 5.74) is 2.33. The number of fused-ring (bicyclic) bond motifs is 1. The number of nitrogens with one attached hydrogen (secondary N) is 1. The van der Waals surface area contributed by atoms with E-state index in [2.05, 4.69) is 9.72 Å². The second-order valence-electron chi connectivity index (χ2n) is 3.88. The normalized spacial score (nSPS) is 11.0. The molecule has 2 rings (SSSR count). The van der Waals surface area contributed by atoms with Gasteiger partial charge >= 0.3 is 5.97 Å². The molecule has 1 heterocycles. The van der Waals surface area contributed by atoms with Gasteiger partial charge in [0.1, 0.15) is 0 Å². The standard InChI is InChI=1S/C14H13NO3/c1-9(16)12-8-15-14-10(4-3-5-11(12)14)6-7-13(17)18-2/h3-8,15H,1-2H3/b7-6+. The van der Waals surface area contributed by atoms with Crippen LogP contribution in [0.15, 0.2) is 30.5 Å². The number of Topliss-reactive ketones (excluding diaryl/α,β-unsaturated/α-hetero) is 1. The third-order valence-corrected chi connectivity index (χ3v) is 2.73. The molecule has 0 unspecified atom stereocenters. The van der Waals surface area contributed by atoms with E-state index in [0.29, 0.717) is 5.56 Å². The summed E-state index contributed by atoms with van der Waals surface area (Å²) in [5, 5.41) is 0.856. The van der Waals surface area contributed by atoms with Gasteiger partial charge in [0.05, 0.1) is 12.6 Å². The summed E-state index contributed by atoms with van der Waals surface area (Å²) in [5.74, 6) is -0.402. The van der Waals surface area contributed by atoms with Crippen molar-refractivity contribution in [2.45, 2.75) is 6.92 Å². The molecule has 1 aromatic carbocycles. The molecule has 1 N–H and O–H groups in total. The summed E-state index contributed by atoms with van der Waals surface area (Å²) < 4.78 is 4.54. The molecular formula is C14H13NO3. The Kier molecular flexibility index (Phi) is 3.28. The average Bonchev–Trinajstić information content (AvgIpc) is 2.80. The van der Waals surface area contributed by atoms with E-state index in [1.807, 2.05) is 18.2 Å². The number of carbonyl (C=O) groups is 2. The third-order valence-electron chi connectivity index (χ3n) is 2.73. The fraction of sp³-hybridized carbons (Fsp3) is 0.143. The summed E-state index contributed by atoms with van der Waals surface area (Å²) >= 11 is 0. The van der Waals surface area contributed by atoms with E-state index in [0.717, 1.165) is 16.5 Å². The molecule has 0 amide bonds.